The average molecular weight is 1380 g/mol. The van der Waals surface area contributed by atoms with Crippen molar-refractivity contribution in [2.45, 2.75) is 412 Å². The maximum absolute atomic E-state index is 13.1. The molecule has 0 aromatic heterocycles. The number of carbonyl (C=O) groups is 4. The lowest BCUT2D eigenvalue weighted by atomic mass is 10.0. The van der Waals surface area contributed by atoms with E-state index in [0.29, 0.717) is 25.7 Å². The highest BCUT2D eigenvalue weighted by atomic mass is 31.2. The van der Waals surface area contributed by atoms with Crippen molar-refractivity contribution in [1.29, 1.82) is 0 Å². The first-order valence-electron chi connectivity index (χ1n) is 39.1. The SMILES string of the molecule is CCCCCCCCCCCCCCCCCCCC(=O)O[C@H](COC(=O)CCCCCCCCCCCCCCCC(C)C)COP(=O)(O)OC[C@@H](O)COP(=O)(O)OC[C@@H](COC(=O)CCCCCCCCCC)OC(=O)CCCCCCCCCCCCCCC. The summed E-state index contributed by atoms with van der Waals surface area (Å²) in [6.07, 6.45) is 56.8. The minimum Gasteiger partial charge on any atom is -0.462 e. The van der Waals surface area contributed by atoms with Crippen LogP contribution in [0.2, 0.25) is 0 Å². The van der Waals surface area contributed by atoms with E-state index in [0.717, 1.165) is 102 Å². The number of hydrogen-bond donors (Lipinski definition) is 3. The highest BCUT2D eigenvalue weighted by molar-refractivity contribution is 7.47. The van der Waals surface area contributed by atoms with Crippen LogP contribution >= 0.6 is 15.6 Å². The first-order chi connectivity index (χ1) is 45.5. The van der Waals surface area contributed by atoms with E-state index in [-0.39, 0.29) is 25.7 Å². The second-order valence-corrected chi connectivity index (χ2v) is 30.4. The van der Waals surface area contributed by atoms with E-state index in [1.165, 1.54) is 212 Å². The van der Waals surface area contributed by atoms with Gasteiger partial charge < -0.3 is 33.8 Å². The third-order valence-corrected chi connectivity index (χ3v) is 19.4. The van der Waals surface area contributed by atoms with Crippen molar-refractivity contribution in [1.82, 2.24) is 0 Å². The third kappa shape index (κ3) is 68.6. The molecule has 0 aromatic carbocycles. The van der Waals surface area contributed by atoms with Crippen LogP contribution in [0.3, 0.4) is 0 Å². The van der Waals surface area contributed by atoms with Crippen LogP contribution in [0.4, 0.5) is 0 Å². The van der Waals surface area contributed by atoms with Crippen LogP contribution in [0.1, 0.15) is 394 Å². The molecule has 0 heterocycles. The van der Waals surface area contributed by atoms with Crippen LogP contribution in [0.5, 0.6) is 0 Å². The Morgan fingerprint density at radius 1 is 0.287 bits per heavy atom. The highest BCUT2D eigenvalue weighted by Crippen LogP contribution is 2.45. The van der Waals surface area contributed by atoms with Crippen LogP contribution in [-0.4, -0.2) is 96.7 Å². The molecule has 0 fully saturated rings. The Labute approximate surface area is 575 Å². The van der Waals surface area contributed by atoms with Crippen LogP contribution in [0.15, 0.2) is 0 Å². The molecule has 0 rings (SSSR count). The van der Waals surface area contributed by atoms with Crippen LogP contribution in [0, 0.1) is 5.92 Å². The van der Waals surface area contributed by atoms with Gasteiger partial charge in [0.15, 0.2) is 12.2 Å². The summed E-state index contributed by atoms with van der Waals surface area (Å²) in [5, 5.41) is 10.6. The lowest BCUT2D eigenvalue weighted by Gasteiger charge is -2.21. The zero-order valence-corrected chi connectivity index (χ0v) is 62.9. The number of rotatable bonds is 75. The van der Waals surface area contributed by atoms with Crippen molar-refractivity contribution in [3.8, 4) is 0 Å². The van der Waals surface area contributed by atoms with Crippen molar-refractivity contribution in [3.63, 3.8) is 0 Å². The van der Waals surface area contributed by atoms with Gasteiger partial charge in [0.1, 0.15) is 19.3 Å². The smallest absolute Gasteiger partial charge is 0.462 e. The Hall–Kier alpha value is -1.94. The number of hydrogen-bond acceptors (Lipinski definition) is 15. The molecule has 3 N–H and O–H groups in total. The molecule has 17 nitrogen and oxygen atoms in total. The molecule has 558 valence electrons. The number of unbranched alkanes of at least 4 members (excludes halogenated alkanes) is 47. The van der Waals surface area contributed by atoms with E-state index >= 15 is 0 Å². The van der Waals surface area contributed by atoms with Crippen molar-refractivity contribution >= 4 is 39.5 Å². The first-order valence-corrected chi connectivity index (χ1v) is 42.1. The van der Waals surface area contributed by atoms with E-state index in [4.69, 9.17) is 37.0 Å². The zero-order chi connectivity index (χ0) is 69.1. The van der Waals surface area contributed by atoms with Gasteiger partial charge in [-0.25, -0.2) is 9.13 Å². The van der Waals surface area contributed by atoms with Crippen LogP contribution < -0.4 is 0 Å². The fraction of sp³-hybridized carbons (Fsp3) is 0.947. The molecular weight excluding hydrogens is 1230 g/mol. The van der Waals surface area contributed by atoms with Gasteiger partial charge in [0.2, 0.25) is 0 Å². The summed E-state index contributed by atoms with van der Waals surface area (Å²) < 4.78 is 68.4. The minimum absolute atomic E-state index is 0.108. The molecule has 5 atom stereocenters. The molecule has 0 bridgehead atoms. The highest BCUT2D eigenvalue weighted by Gasteiger charge is 2.30. The molecule has 0 aliphatic carbocycles. The minimum atomic E-state index is -4.96. The fourth-order valence-electron chi connectivity index (χ4n) is 11.5. The van der Waals surface area contributed by atoms with Gasteiger partial charge in [-0.2, -0.15) is 0 Å². The van der Waals surface area contributed by atoms with E-state index in [1.807, 2.05) is 0 Å². The van der Waals surface area contributed by atoms with Gasteiger partial charge in [0, 0.05) is 25.7 Å². The second-order valence-electron chi connectivity index (χ2n) is 27.5. The van der Waals surface area contributed by atoms with Gasteiger partial charge in [-0.1, -0.05) is 343 Å². The lowest BCUT2D eigenvalue weighted by Crippen LogP contribution is -2.30. The van der Waals surface area contributed by atoms with E-state index in [1.54, 1.807) is 0 Å². The summed E-state index contributed by atoms with van der Waals surface area (Å²) >= 11 is 0. The van der Waals surface area contributed by atoms with Crippen molar-refractivity contribution in [3.05, 3.63) is 0 Å². The fourth-order valence-corrected chi connectivity index (χ4v) is 13.1. The average Bonchev–Trinajstić information content (AvgIpc) is 3.66. The monoisotopic (exact) mass is 1380 g/mol. The van der Waals surface area contributed by atoms with Crippen molar-refractivity contribution < 1.29 is 80.2 Å². The molecular formula is C75H146O17P2. The van der Waals surface area contributed by atoms with Crippen molar-refractivity contribution in [2.75, 3.05) is 39.6 Å². The van der Waals surface area contributed by atoms with E-state index in [2.05, 4.69) is 34.6 Å². The van der Waals surface area contributed by atoms with Gasteiger partial charge >= 0.3 is 39.5 Å². The van der Waals surface area contributed by atoms with Crippen LogP contribution in [0.25, 0.3) is 0 Å². The molecule has 0 radical (unpaired) electrons. The summed E-state index contributed by atoms with van der Waals surface area (Å²) in [5.74, 6) is -1.32. The third-order valence-electron chi connectivity index (χ3n) is 17.5. The maximum atomic E-state index is 13.1. The van der Waals surface area contributed by atoms with Crippen molar-refractivity contribution in [2.24, 2.45) is 5.92 Å². The molecule has 0 amide bonds. The number of esters is 4. The maximum Gasteiger partial charge on any atom is 0.472 e. The Balaban J connectivity index is 5.21. The van der Waals surface area contributed by atoms with Gasteiger partial charge in [-0.3, -0.25) is 37.3 Å². The van der Waals surface area contributed by atoms with Gasteiger partial charge in [0.25, 0.3) is 0 Å². The molecule has 0 spiro atoms. The molecule has 19 heteroatoms. The normalized spacial score (nSPS) is 14.0. The number of ether oxygens (including phenoxy) is 4. The summed E-state index contributed by atoms with van der Waals surface area (Å²) in [4.78, 5) is 72.7. The Kier molecular flexibility index (Phi) is 66.8. The predicted octanol–water partition coefficient (Wildman–Crippen LogP) is 22.1. The van der Waals surface area contributed by atoms with E-state index < -0.39 is 97.5 Å². The molecule has 0 saturated heterocycles. The van der Waals surface area contributed by atoms with Crippen LogP contribution in [-0.2, 0) is 65.4 Å². The number of aliphatic hydroxyl groups excluding tert-OH is 1. The van der Waals surface area contributed by atoms with Gasteiger partial charge in [-0.15, -0.1) is 0 Å². The Morgan fingerprint density at radius 3 is 0.723 bits per heavy atom. The standard InChI is InChI=1S/C75H146O17P2/c1-6-9-12-15-18-21-23-25-26-27-28-32-37-41-46-51-56-61-75(80)92-71(65-86-73(78)59-54-49-44-39-35-33-29-31-34-38-42-47-52-57-68(4)5)67-90-94(83,84)88-63-69(76)62-87-93(81,82)89-66-70(64-85-72(77)58-53-48-43-20-17-14-11-8-3)91-74(79)60-55-50-45-40-36-30-24-22-19-16-13-10-7-2/h68-71,76H,6-67H2,1-5H3,(H,81,82)(H,83,84)/t69-,70+,71+/m0/s1. The summed E-state index contributed by atoms with van der Waals surface area (Å²) in [5.41, 5.74) is 0. The zero-order valence-electron chi connectivity index (χ0n) is 61.1. The molecule has 2 unspecified atom stereocenters. The summed E-state index contributed by atoms with van der Waals surface area (Å²) in [6.45, 7) is 7.29. The number of phosphoric ester groups is 2. The lowest BCUT2D eigenvalue weighted by molar-refractivity contribution is -0.161. The largest absolute Gasteiger partial charge is 0.472 e. The molecule has 0 saturated carbocycles. The molecule has 0 aromatic rings. The number of phosphoric acid groups is 2. The topological polar surface area (TPSA) is 237 Å². The van der Waals surface area contributed by atoms with Gasteiger partial charge in [0.05, 0.1) is 26.4 Å². The number of carbonyl (C=O) groups excluding carboxylic acids is 4. The first kappa shape index (κ1) is 92.1. The molecule has 0 aliphatic rings. The second kappa shape index (κ2) is 68.2. The number of aliphatic hydroxyl groups is 1. The summed E-state index contributed by atoms with van der Waals surface area (Å²) in [6, 6.07) is 0. The Bertz CT molecular complexity index is 1810. The summed E-state index contributed by atoms with van der Waals surface area (Å²) in [7, 11) is -9.90. The molecule has 0 aliphatic heterocycles. The molecule has 94 heavy (non-hydrogen) atoms. The Morgan fingerprint density at radius 2 is 0.489 bits per heavy atom. The van der Waals surface area contributed by atoms with E-state index in [9.17, 15) is 43.2 Å². The van der Waals surface area contributed by atoms with Gasteiger partial charge in [-0.05, 0) is 31.6 Å². The quantitative estimate of drug-likeness (QED) is 0.0222. The predicted molar refractivity (Wildman–Crippen MR) is 382 cm³/mol.